The fraction of sp³-hybridized carbons (Fsp3) is 0.407. The quantitative estimate of drug-likeness (QED) is 0.250. The fourth-order valence-electron chi connectivity index (χ4n) is 4.12. The Morgan fingerprint density at radius 3 is 2.82 bits per heavy atom. The van der Waals surface area contributed by atoms with E-state index in [4.69, 9.17) is 14.5 Å². The van der Waals surface area contributed by atoms with Crippen LogP contribution in [0.1, 0.15) is 30.9 Å². The Bertz CT molecular complexity index is 1230. The number of hydrogen-bond acceptors (Lipinski definition) is 9. The molecule has 0 saturated carbocycles. The highest BCUT2D eigenvalue weighted by Crippen LogP contribution is 2.27. The molecule has 1 amide bonds. The lowest BCUT2D eigenvalue weighted by atomic mass is 10.2. The molecule has 10 nitrogen and oxygen atoms in total. The lowest BCUT2D eigenvalue weighted by Crippen LogP contribution is -2.36. The maximum absolute atomic E-state index is 11.9. The molecular formula is C27H35N7O3S. The third-order valence-corrected chi connectivity index (χ3v) is 6.99. The van der Waals surface area contributed by atoms with E-state index in [1.54, 1.807) is 11.8 Å². The molecule has 2 N–H and O–H groups in total. The van der Waals surface area contributed by atoms with Crippen molar-refractivity contribution in [2.75, 3.05) is 48.4 Å². The number of aromatic nitrogens is 4. The molecule has 0 aliphatic carbocycles. The van der Waals surface area contributed by atoms with Crippen LogP contribution >= 0.6 is 11.8 Å². The summed E-state index contributed by atoms with van der Waals surface area (Å²) < 4.78 is 12.7. The molecule has 3 heterocycles. The fourth-order valence-corrected chi connectivity index (χ4v) is 5.04. The predicted molar refractivity (Wildman–Crippen MR) is 151 cm³/mol. The number of anilines is 3. The second kappa shape index (κ2) is 13.8. The van der Waals surface area contributed by atoms with Crippen LogP contribution in [0.2, 0.25) is 0 Å². The van der Waals surface area contributed by atoms with E-state index in [1.807, 2.05) is 24.3 Å². The number of amides is 1. The second-order valence-corrected chi connectivity index (χ2v) is 9.60. The Kier molecular flexibility index (Phi) is 9.99. The molecule has 11 heteroatoms. The molecule has 1 fully saturated rings. The van der Waals surface area contributed by atoms with Crippen LogP contribution in [-0.4, -0.2) is 58.8 Å². The maximum atomic E-state index is 11.9. The zero-order chi connectivity index (χ0) is 26.7. The van der Waals surface area contributed by atoms with Crippen LogP contribution in [0.3, 0.4) is 0 Å². The van der Waals surface area contributed by atoms with Crippen molar-refractivity contribution in [1.29, 1.82) is 0 Å². The number of thioether (sulfide) groups is 1. The van der Waals surface area contributed by atoms with Crippen molar-refractivity contribution >= 4 is 35.0 Å². The van der Waals surface area contributed by atoms with Gasteiger partial charge >= 0.3 is 6.09 Å². The number of pyridine rings is 1. The lowest BCUT2D eigenvalue weighted by molar-refractivity contribution is 0.122. The van der Waals surface area contributed by atoms with Gasteiger partial charge in [-0.05, 0) is 30.7 Å². The molecule has 0 unspecified atom stereocenters. The van der Waals surface area contributed by atoms with Crippen molar-refractivity contribution < 1.29 is 14.3 Å². The van der Waals surface area contributed by atoms with Crippen LogP contribution in [-0.2, 0) is 34.7 Å². The summed E-state index contributed by atoms with van der Waals surface area (Å²) in [4.78, 5) is 19.1. The zero-order valence-electron chi connectivity index (χ0n) is 22.0. The molecule has 3 aromatic rings. The summed E-state index contributed by atoms with van der Waals surface area (Å²) in [6, 6.07) is 11.9. The Balaban J connectivity index is 1.48. The Hall–Kier alpha value is -3.57. The van der Waals surface area contributed by atoms with Gasteiger partial charge in [-0.3, -0.25) is 5.32 Å². The van der Waals surface area contributed by atoms with Crippen LogP contribution < -0.4 is 15.5 Å². The van der Waals surface area contributed by atoms with Gasteiger partial charge in [0.05, 0.1) is 18.9 Å². The maximum Gasteiger partial charge on any atom is 0.411 e. The van der Waals surface area contributed by atoms with Crippen LogP contribution in [0.5, 0.6) is 0 Å². The number of carbonyl (C=O) groups is 1. The highest BCUT2D eigenvalue weighted by molar-refractivity contribution is 7.98. The number of nitrogens with zero attached hydrogens (tertiary/aromatic N) is 5. The van der Waals surface area contributed by atoms with E-state index < -0.39 is 6.09 Å². The van der Waals surface area contributed by atoms with E-state index in [-0.39, 0.29) is 6.61 Å². The predicted octanol–water partition coefficient (Wildman–Crippen LogP) is 4.73. The van der Waals surface area contributed by atoms with Gasteiger partial charge in [0.15, 0.2) is 5.16 Å². The first-order valence-electron chi connectivity index (χ1n) is 12.9. The summed E-state index contributed by atoms with van der Waals surface area (Å²) in [5, 5.41) is 15.8. The number of aryl methyl sites for hydroxylation is 1. The number of carbonyl (C=O) groups excluding carboxylic acids is 1. The minimum atomic E-state index is -0.512. The van der Waals surface area contributed by atoms with Gasteiger partial charge in [-0.2, -0.15) is 0 Å². The van der Waals surface area contributed by atoms with Crippen LogP contribution in [0.4, 0.5) is 22.0 Å². The number of rotatable bonds is 12. The van der Waals surface area contributed by atoms with Gasteiger partial charge in [0.1, 0.15) is 18.2 Å². The van der Waals surface area contributed by atoms with Gasteiger partial charge in [-0.15, -0.1) is 10.2 Å². The SMILES string of the molecule is C=CCOC(=O)Nc1cccc(CNc2cc(N3CCOCC3)cc(CSc3nnc(CC)n3CC)n2)c1. The van der Waals surface area contributed by atoms with Gasteiger partial charge in [0.2, 0.25) is 0 Å². The third kappa shape index (κ3) is 7.48. The normalized spacial score (nSPS) is 13.3. The van der Waals surface area contributed by atoms with Gasteiger partial charge in [-0.1, -0.05) is 43.5 Å². The van der Waals surface area contributed by atoms with Crippen LogP contribution in [0, 0.1) is 0 Å². The number of ether oxygens (including phenoxy) is 2. The number of morpholine rings is 1. The molecule has 4 rings (SSSR count). The van der Waals surface area contributed by atoms with Crippen molar-refractivity contribution in [3.63, 3.8) is 0 Å². The van der Waals surface area contributed by atoms with Crippen molar-refractivity contribution in [2.45, 2.75) is 44.3 Å². The first-order chi connectivity index (χ1) is 18.6. The molecule has 1 saturated heterocycles. The molecule has 0 radical (unpaired) electrons. The number of nitrogens with one attached hydrogen (secondary N) is 2. The van der Waals surface area contributed by atoms with E-state index >= 15 is 0 Å². The summed E-state index contributed by atoms with van der Waals surface area (Å²) in [5.41, 5.74) is 3.75. The van der Waals surface area contributed by atoms with Gasteiger partial charge in [-0.25, -0.2) is 9.78 Å². The van der Waals surface area contributed by atoms with Gasteiger partial charge in [0.25, 0.3) is 0 Å². The number of benzene rings is 1. The molecule has 0 spiro atoms. The third-order valence-electron chi connectivity index (χ3n) is 5.99. The minimum absolute atomic E-state index is 0.162. The molecule has 202 valence electrons. The monoisotopic (exact) mass is 537 g/mol. The van der Waals surface area contributed by atoms with E-state index in [2.05, 4.69) is 62.9 Å². The molecule has 1 aliphatic rings. The second-order valence-electron chi connectivity index (χ2n) is 8.65. The van der Waals surface area contributed by atoms with E-state index in [1.165, 1.54) is 6.08 Å². The molecule has 1 aliphatic heterocycles. The van der Waals surface area contributed by atoms with E-state index in [9.17, 15) is 4.79 Å². The molecule has 2 aromatic heterocycles. The summed E-state index contributed by atoms with van der Waals surface area (Å²) in [5.74, 6) is 2.47. The zero-order valence-corrected chi connectivity index (χ0v) is 22.8. The summed E-state index contributed by atoms with van der Waals surface area (Å²) in [6.07, 6.45) is 1.87. The van der Waals surface area contributed by atoms with Crippen LogP contribution in [0.25, 0.3) is 0 Å². The first-order valence-corrected chi connectivity index (χ1v) is 13.8. The Labute approximate surface area is 227 Å². The van der Waals surface area contributed by atoms with Crippen molar-refractivity contribution in [2.24, 2.45) is 0 Å². The average molecular weight is 538 g/mol. The minimum Gasteiger partial charge on any atom is -0.445 e. The molecule has 38 heavy (non-hydrogen) atoms. The molecule has 0 atom stereocenters. The molecular weight excluding hydrogens is 502 g/mol. The Morgan fingerprint density at radius 2 is 2.05 bits per heavy atom. The van der Waals surface area contributed by atoms with Gasteiger partial charge < -0.3 is 24.3 Å². The summed E-state index contributed by atoms with van der Waals surface area (Å²) in [7, 11) is 0. The molecule has 1 aromatic carbocycles. The van der Waals surface area contributed by atoms with E-state index in [0.717, 1.165) is 59.8 Å². The lowest BCUT2D eigenvalue weighted by Gasteiger charge is -2.29. The van der Waals surface area contributed by atoms with Gasteiger partial charge in [0, 0.05) is 55.8 Å². The van der Waals surface area contributed by atoms with Crippen molar-refractivity contribution in [1.82, 2.24) is 19.7 Å². The highest BCUT2D eigenvalue weighted by atomic mass is 32.2. The van der Waals surface area contributed by atoms with Crippen molar-refractivity contribution in [3.05, 3.63) is 66.1 Å². The molecule has 0 bridgehead atoms. The van der Waals surface area contributed by atoms with E-state index in [0.29, 0.717) is 31.2 Å². The first kappa shape index (κ1) is 27.5. The number of hydrogen-bond donors (Lipinski definition) is 2. The van der Waals surface area contributed by atoms with Crippen LogP contribution in [0.15, 0.2) is 54.2 Å². The largest absolute Gasteiger partial charge is 0.445 e. The Morgan fingerprint density at radius 1 is 1.21 bits per heavy atom. The van der Waals surface area contributed by atoms with Crippen molar-refractivity contribution in [3.8, 4) is 0 Å². The average Bonchev–Trinajstić information content (AvgIpc) is 3.36. The standard InChI is InChI=1S/C27H35N7O3S/c1-4-12-37-27(35)30-21-9-7-8-20(15-21)18-28-24-17-23(33-10-13-36-14-11-33)16-22(29-24)19-38-26-32-31-25(5-2)34(26)6-3/h4,7-9,15-17H,1,5-6,10-14,18-19H2,2-3H3,(H,28,29)(H,30,35). The smallest absolute Gasteiger partial charge is 0.411 e. The summed E-state index contributed by atoms with van der Waals surface area (Å²) >= 11 is 1.65. The topological polar surface area (TPSA) is 106 Å². The summed E-state index contributed by atoms with van der Waals surface area (Å²) in [6.45, 7) is 12.4. The highest BCUT2D eigenvalue weighted by Gasteiger charge is 2.16.